The largest absolute Gasteiger partial charge is 0.490 e. The van der Waals surface area contributed by atoms with Gasteiger partial charge >= 0.3 is 6.61 Å². The summed E-state index contributed by atoms with van der Waals surface area (Å²) >= 11 is 0. The van der Waals surface area contributed by atoms with Gasteiger partial charge in [-0.15, -0.1) is 24.8 Å². The first-order valence-corrected chi connectivity index (χ1v) is 14.2. The minimum Gasteiger partial charge on any atom is -0.490 e. The maximum atomic E-state index is 13.6. The molecule has 0 radical (unpaired) electrons. The Morgan fingerprint density at radius 3 is 2.29 bits per heavy atom. The van der Waals surface area contributed by atoms with Crippen molar-refractivity contribution in [3.63, 3.8) is 0 Å². The zero-order valence-electron chi connectivity index (χ0n) is 24.5. The molecule has 2 aromatic rings. The number of benzene rings is 2. The van der Waals surface area contributed by atoms with Gasteiger partial charge in [0.2, 0.25) is 5.91 Å². The lowest BCUT2D eigenvalue weighted by Gasteiger charge is -2.49. The summed E-state index contributed by atoms with van der Waals surface area (Å²) in [5, 5.41) is 3.39. The summed E-state index contributed by atoms with van der Waals surface area (Å²) in [7, 11) is 0. The van der Waals surface area contributed by atoms with Gasteiger partial charge in [0.15, 0.2) is 11.5 Å². The van der Waals surface area contributed by atoms with Crippen LogP contribution in [0.25, 0.3) is 0 Å². The number of piperazine rings is 1. The number of alkyl halides is 2. The van der Waals surface area contributed by atoms with E-state index in [0.29, 0.717) is 44.3 Å². The van der Waals surface area contributed by atoms with Gasteiger partial charge in [-0.2, -0.15) is 8.78 Å². The molecule has 230 valence electrons. The van der Waals surface area contributed by atoms with Crippen molar-refractivity contribution in [1.82, 2.24) is 15.1 Å². The molecule has 1 amide bonds. The molecule has 6 nitrogen and oxygen atoms in total. The van der Waals surface area contributed by atoms with Crippen molar-refractivity contribution in [3.05, 3.63) is 59.7 Å². The topological polar surface area (TPSA) is 54.0 Å². The van der Waals surface area contributed by atoms with Gasteiger partial charge in [-0.3, -0.25) is 9.69 Å². The van der Waals surface area contributed by atoms with Gasteiger partial charge in [-0.1, -0.05) is 57.2 Å². The molecule has 2 aliphatic rings. The summed E-state index contributed by atoms with van der Waals surface area (Å²) in [5.41, 5.74) is 1.92. The Morgan fingerprint density at radius 2 is 1.68 bits per heavy atom. The molecule has 41 heavy (non-hydrogen) atoms. The Hall–Kier alpha value is -2.13. The van der Waals surface area contributed by atoms with Crippen molar-refractivity contribution < 1.29 is 23.0 Å². The highest BCUT2D eigenvalue weighted by Gasteiger charge is 2.40. The second-order valence-corrected chi connectivity index (χ2v) is 11.7. The number of rotatable bonds is 9. The van der Waals surface area contributed by atoms with Crippen LogP contribution in [-0.4, -0.2) is 67.7 Å². The Bertz CT molecular complexity index is 1080. The predicted octanol–water partition coefficient (Wildman–Crippen LogP) is 6.57. The number of piperidine rings is 1. The molecule has 10 heteroatoms. The highest BCUT2D eigenvalue weighted by atomic mass is 35.5. The van der Waals surface area contributed by atoms with Gasteiger partial charge in [0.05, 0.1) is 12.6 Å². The molecule has 0 aromatic heterocycles. The number of halogens is 4. The highest BCUT2D eigenvalue weighted by molar-refractivity contribution is 5.85. The van der Waals surface area contributed by atoms with Crippen molar-refractivity contribution in [3.8, 4) is 11.5 Å². The Labute approximate surface area is 256 Å². The molecule has 1 unspecified atom stereocenters. The lowest BCUT2D eigenvalue weighted by atomic mass is 9.82. The molecule has 0 bridgehead atoms. The molecular weight excluding hydrogens is 571 g/mol. The van der Waals surface area contributed by atoms with Crippen LogP contribution in [0.5, 0.6) is 11.5 Å². The zero-order chi connectivity index (χ0) is 28.0. The second kappa shape index (κ2) is 15.9. The number of carbonyl (C=O) groups excluding carboxylic acids is 1. The fraction of sp³-hybridized carbons (Fsp3) is 0.581. The third-order valence-corrected chi connectivity index (χ3v) is 7.93. The van der Waals surface area contributed by atoms with Gasteiger partial charge in [0.25, 0.3) is 0 Å². The minimum atomic E-state index is -2.93. The fourth-order valence-electron chi connectivity index (χ4n) is 5.93. The maximum Gasteiger partial charge on any atom is 0.387 e. The SMILES string of the molecule is CCOc1cc(C(c2ccccc2)N2CCN(C(=O)CC3CCNCC3)[C@@H](C(C)(C)C)C2)ccc1OC(F)F.Cl.Cl. The first kappa shape index (κ1) is 35.1. The van der Waals surface area contributed by atoms with Crippen LogP contribution in [0, 0.1) is 11.3 Å². The lowest BCUT2D eigenvalue weighted by Crippen LogP contribution is -2.60. The number of amides is 1. The van der Waals surface area contributed by atoms with Crippen LogP contribution >= 0.6 is 24.8 Å². The van der Waals surface area contributed by atoms with E-state index >= 15 is 0 Å². The van der Waals surface area contributed by atoms with Crippen molar-refractivity contribution in [2.75, 3.05) is 39.3 Å². The molecule has 2 aromatic carbocycles. The molecule has 4 rings (SSSR count). The van der Waals surface area contributed by atoms with E-state index < -0.39 is 6.61 Å². The van der Waals surface area contributed by atoms with E-state index in [9.17, 15) is 13.6 Å². The predicted molar refractivity (Wildman–Crippen MR) is 164 cm³/mol. The average Bonchev–Trinajstić information content (AvgIpc) is 2.91. The normalized spacial score (nSPS) is 19.2. The molecule has 0 aliphatic carbocycles. The maximum absolute atomic E-state index is 13.6. The molecule has 2 heterocycles. The Kier molecular flexibility index (Phi) is 13.6. The molecule has 2 atom stereocenters. The standard InChI is InChI=1S/C31H43F2N3O3.2ClH/c1-5-38-26-20-24(11-12-25(26)39-30(32)33)29(23-9-7-6-8-10-23)35-17-18-36(27(21-35)31(2,3)4)28(37)19-22-13-15-34-16-14-22;;/h6-12,20,22,27,29-30,34H,5,13-19,21H2,1-4H3;2*1H/t27-,29?;;/m1../s1. The molecular formula is C31H45Cl2F2N3O3. The van der Waals surface area contributed by atoms with E-state index in [-0.39, 0.29) is 54.0 Å². The van der Waals surface area contributed by atoms with Crippen LogP contribution in [0.15, 0.2) is 48.5 Å². The fourth-order valence-corrected chi connectivity index (χ4v) is 5.93. The first-order chi connectivity index (χ1) is 18.7. The third-order valence-electron chi connectivity index (χ3n) is 7.93. The Balaban J connectivity index is 0.00000294. The first-order valence-electron chi connectivity index (χ1n) is 14.2. The van der Waals surface area contributed by atoms with E-state index in [1.54, 1.807) is 6.07 Å². The lowest BCUT2D eigenvalue weighted by molar-refractivity contribution is -0.141. The molecule has 2 aliphatic heterocycles. The Morgan fingerprint density at radius 1 is 1.00 bits per heavy atom. The van der Waals surface area contributed by atoms with Crippen LogP contribution in [0.3, 0.4) is 0 Å². The van der Waals surface area contributed by atoms with Crippen LogP contribution in [-0.2, 0) is 4.79 Å². The van der Waals surface area contributed by atoms with Gasteiger partial charge in [0, 0.05) is 32.1 Å². The van der Waals surface area contributed by atoms with E-state index in [1.807, 2.05) is 37.3 Å². The molecule has 2 saturated heterocycles. The van der Waals surface area contributed by atoms with Gasteiger partial charge in [-0.25, -0.2) is 0 Å². The van der Waals surface area contributed by atoms with Gasteiger partial charge in [-0.05, 0) is 67.4 Å². The van der Waals surface area contributed by atoms with E-state index in [4.69, 9.17) is 9.47 Å². The van der Waals surface area contributed by atoms with Crippen molar-refractivity contribution in [2.45, 2.75) is 65.7 Å². The quantitative estimate of drug-likeness (QED) is 0.346. The molecule has 0 saturated carbocycles. The van der Waals surface area contributed by atoms with Crippen LogP contribution in [0.2, 0.25) is 0 Å². The summed E-state index contributed by atoms with van der Waals surface area (Å²) in [4.78, 5) is 18.1. The van der Waals surface area contributed by atoms with Crippen molar-refractivity contribution in [1.29, 1.82) is 0 Å². The van der Waals surface area contributed by atoms with E-state index in [1.165, 1.54) is 0 Å². The van der Waals surface area contributed by atoms with Crippen LogP contribution in [0.4, 0.5) is 8.78 Å². The van der Waals surface area contributed by atoms with E-state index in [2.05, 4.69) is 48.0 Å². The van der Waals surface area contributed by atoms with Gasteiger partial charge < -0.3 is 19.7 Å². The second-order valence-electron chi connectivity index (χ2n) is 11.7. The molecule has 0 spiro atoms. The number of nitrogens with zero attached hydrogens (tertiary/aromatic N) is 2. The average molecular weight is 617 g/mol. The number of hydrogen-bond donors (Lipinski definition) is 1. The summed E-state index contributed by atoms with van der Waals surface area (Å²) in [5.74, 6) is 1.04. The summed E-state index contributed by atoms with van der Waals surface area (Å²) in [6, 6.07) is 15.4. The zero-order valence-corrected chi connectivity index (χ0v) is 26.1. The van der Waals surface area contributed by atoms with Crippen molar-refractivity contribution >= 4 is 30.7 Å². The minimum absolute atomic E-state index is 0. The summed E-state index contributed by atoms with van der Waals surface area (Å²) in [6.07, 6.45) is 2.71. The highest BCUT2D eigenvalue weighted by Crippen LogP contribution is 2.39. The van der Waals surface area contributed by atoms with Crippen molar-refractivity contribution in [2.24, 2.45) is 11.3 Å². The summed E-state index contributed by atoms with van der Waals surface area (Å²) in [6.45, 7) is 9.88. The summed E-state index contributed by atoms with van der Waals surface area (Å²) < 4.78 is 36.5. The smallest absolute Gasteiger partial charge is 0.387 e. The number of hydrogen-bond acceptors (Lipinski definition) is 5. The van der Waals surface area contributed by atoms with E-state index in [0.717, 1.165) is 37.1 Å². The van der Waals surface area contributed by atoms with Crippen LogP contribution in [0.1, 0.15) is 64.1 Å². The number of ether oxygens (including phenoxy) is 2. The van der Waals surface area contributed by atoms with Crippen LogP contribution < -0.4 is 14.8 Å². The number of nitrogens with one attached hydrogen (secondary N) is 1. The van der Waals surface area contributed by atoms with Gasteiger partial charge in [0.1, 0.15) is 0 Å². The third kappa shape index (κ3) is 9.18. The molecule has 1 N–H and O–H groups in total. The molecule has 2 fully saturated rings. The monoisotopic (exact) mass is 615 g/mol. The number of carbonyl (C=O) groups is 1.